The van der Waals surface area contributed by atoms with Gasteiger partial charge in [0, 0.05) is 6.04 Å². The third-order valence-electron chi connectivity index (χ3n) is 0.937. The highest BCUT2D eigenvalue weighted by Crippen LogP contribution is 1.95. The molecular weight excluding hydrogens is 138 g/mol. The van der Waals surface area contributed by atoms with Crippen LogP contribution in [0.4, 0.5) is 0 Å². The molecule has 1 atom stereocenters. The molecule has 0 aromatic carbocycles. The zero-order valence-corrected chi connectivity index (χ0v) is 5.97. The van der Waals surface area contributed by atoms with E-state index >= 15 is 0 Å². The normalized spacial score (nSPS) is 13.1. The van der Waals surface area contributed by atoms with E-state index in [2.05, 4.69) is 12.6 Å². The zero-order chi connectivity index (χ0) is 7.28. The van der Waals surface area contributed by atoms with Gasteiger partial charge >= 0.3 is 5.97 Å². The lowest BCUT2D eigenvalue weighted by Crippen LogP contribution is -2.23. The highest BCUT2D eigenvalue weighted by atomic mass is 32.1. The summed E-state index contributed by atoms with van der Waals surface area (Å²) in [6.07, 6.45) is 0.704. The van der Waals surface area contributed by atoms with Gasteiger partial charge in [-0.15, -0.1) is 0 Å². The topological polar surface area (TPSA) is 63.3 Å². The van der Waals surface area contributed by atoms with Gasteiger partial charge in [-0.05, 0) is 12.2 Å². The van der Waals surface area contributed by atoms with E-state index in [1.54, 1.807) is 0 Å². The minimum atomic E-state index is -0.843. The second-order valence-corrected chi connectivity index (χ2v) is 2.32. The molecule has 54 valence electrons. The Labute approximate surface area is 59.6 Å². The number of thiol groups is 1. The molecule has 0 heterocycles. The van der Waals surface area contributed by atoms with Gasteiger partial charge in [-0.2, -0.15) is 12.6 Å². The van der Waals surface area contributed by atoms with Crippen molar-refractivity contribution in [3.8, 4) is 0 Å². The molecule has 0 aliphatic rings. The fraction of sp³-hybridized carbons (Fsp3) is 0.800. The number of carboxylic acid groups (broad SMARTS) is 1. The summed E-state index contributed by atoms with van der Waals surface area (Å²) >= 11 is 3.91. The van der Waals surface area contributed by atoms with Crippen molar-refractivity contribution in [3.63, 3.8) is 0 Å². The minimum absolute atomic E-state index is 0.0422. The Kier molecular flexibility index (Phi) is 4.53. The summed E-state index contributed by atoms with van der Waals surface area (Å²) < 4.78 is 0. The third kappa shape index (κ3) is 5.65. The van der Waals surface area contributed by atoms with E-state index in [0.717, 1.165) is 0 Å². The molecule has 3 nitrogen and oxygen atoms in total. The molecule has 0 spiro atoms. The average molecular weight is 149 g/mol. The number of aliphatic carboxylic acids is 1. The number of carbonyl (C=O) groups is 1. The fourth-order valence-electron chi connectivity index (χ4n) is 0.492. The fourth-order valence-corrected chi connectivity index (χ4v) is 0.824. The van der Waals surface area contributed by atoms with Gasteiger partial charge in [-0.3, -0.25) is 4.79 Å². The summed E-state index contributed by atoms with van der Waals surface area (Å²) in [6, 6.07) is -0.236. The molecule has 0 fully saturated rings. The van der Waals surface area contributed by atoms with Crippen molar-refractivity contribution in [1.82, 2.24) is 0 Å². The molecule has 0 aromatic rings. The third-order valence-corrected chi connectivity index (χ3v) is 1.19. The van der Waals surface area contributed by atoms with E-state index in [9.17, 15) is 4.79 Å². The number of hydrogen-bond acceptors (Lipinski definition) is 3. The Morgan fingerprint density at radius 3 is 2.67 bits per heavy atom. The van der Waals surface area contributed by atoms with Crippen LogP contribution in [0.3, 0.4) is 0 Å². The van der Waals surface area contributed by atoms with Crippen LogP contribution in [0.5, 0.6) is 0 Å². The van der Waals surface area contributed by atoms with Crippen LogP contribution in [0, 0.1) is 0 Å². The molecule has 0 unspecified atom stereocenters. The smallest absolute Gasteiger partial charge is 0.304 e. The molecular formula is C5H11NO2S. The lowest BCUT2D eigenvalue weighted by molar-refractivity contribution is -0.137. The first-order valence-electron chi connectivity index (χ1n) is 2.75. The SMILES string of the molecule is N[C@@H](CCS)CC(=O)O. The average Bonchev–Trinajstić information content (AvgIpc) is 1.63. The van der Waals surface area contributed by atoms with E-state index in [4.69, 9.17) is 10.8 Å². The molecule has 0 radical (unpaired) electrons. The molecule has 9 heavy (non-hydrogen) atoms. The second kappa shape index (κ2) is 4.64. The van der Waals surface area contributed by atoms with Crippen molar-refractivity contribution in [2.24, 2.45) is 5.73 Å². The minimum Gasteiger partial charge on any atom is -0.481 e. The maximum atomic E-state index is 9.98. The Bertz CT molecular complexity index is 97.0. The Balaban J connectivity index is 3.26. The molecule has 0 saturated carbocycles. The lowest BCUT2D eigenvalue weighted by Gasteiger charge is -2.04. The summed E-state index contributed by atoms with van der Waals surface area (Å²) in [5.74, 6) is -0.196. The van der Waals surface area contributed by atoms with E-state index in [1.807, 2.05) is 0 Å². The van der Waals surface area contributed by atoms with Crippen molar-refractivity contribution in [1.29, 1.82) is 0 Å². The molecule has 0 amide bonds. The molecule has 0 aromatic heterocycles. The van der Waals surface area contributed by atoms with Gasteiger partial charge in [0.05, 0.1) is 6.42 Å². The molecule has 4 heteroatoms. The van der Waals surface area contributed by atoms with Crippen molar-refractivity contribution in [2.45, 2.75) is 18.9 Å². The van der Waals surface area contributed by atoms with Gasteiger partial charge in [0.25, 0.3) is 0 Å². The Hall–Kier alpha value is -0.220. The maximum Gasteiger partial charge on any atom is 0.304 e. The Morgan fingerprint density at radius 1 is 1.78 bits per heavy atom. The van der Waals surface area contributed by atoms with Gasteiger partial charge in [-0.1, -0.05) is 0 Å². The van der Waals surface area contributed by atoms with Gasteiger partial charge in [0.15, 0.2) is 0 Å². The summed E-state index contributed by atoms with van der Waals surface area (Å²) in [4.78, 5) is 9.98. The number of hydrogen-bond donors (Lipinski definition) is 3. The number of nitrogens with two attached hydrogens (primary N) is 1. The summed E-state index contributed by atoms with van der Waals surface area (Å²) in [6.45, 7) is 0. The highest BCUT2D eigenvalue weighted by Gasteiger charge is 2.05. The van der Waals surface area contributed by atoms with Crippen LogP contribution in [0.25, 0.3) is 0 Å². The lowest BCUT2D eigenvalue weighted by atomic mass is 10.2. The van der Waals surface area contributed by atoms with Crippen LogP contribution in [0.15, 0.2) is 0 Å². The first-order valence-corrected chi connectivity index (χ1v) is 3.38. The maximum absolute atomic E-state index is 9.98. The van der Waals surface area contributed by atoms with Crippen LogP contribution in [-0.2, 0) is 4.79 Å². The second-order valence-electron chi connectivity index (χ2n) is 1.87. The number of carboxylic acids is 1. The van der Waals surface area contributed by atoms with E-state index in [-0.39, 0.29) is 12.5 Å². The monoisotopic (exact) mass is 149 g/mol. The van der Waals surface area contributed by atoms with Crippen LogP contribution in [-0.4, -0.2) is 22.9 Å². The van der Waals surface area contributed by atoms with Gasteiger partial charge < -0.3 is 10.8 Å². The zero-order valence-electron chi connectivity index (χ0n) is 5.08. The first kappa shape index (κ1) is 8.78. The number of rotatable bonds is 4. The summed E-state index contributed by atoms with van der Waals surface area (Å²) in [5.41, 5.74) is 5.36. The molecule has 0 bridgehead atoms. The first-order chi connectivity index (χ1) is 4.16. The van der Waals surface area contributed by atoms with Crippen molar-refractivity contribution in [3.05, 3.63) is 0 Å². The molecule has 3 N–H and O–H groups in total. The van der Waals surface area contributed by atoms with Gasteiger partial charge in [-0.25, -0.2) is 0 Å². The standard InChI is InChI=1S/C5H11NO2S/c6-4(1-2-9)3-5(7)8/h4,9H,1-3,6H2,(H,7,8)/t4-/m0/s1. The quantitative estimate of drug-likeness (QED) is 0.497. The van der Waals surface area contributed by atoms with Crippen LogP contribution >= 0.6 is 12.6 Å². The predicted molar refractivity (Wildman–Crippen MR) is 38.7 cm³/mol. The van der Waals surface area contributed by atoms with E-state index in [1.165, 1.54) is 0 Å². The van der Waals surface area contributed by atoms with Crippen molar-refractivity contribution < 1.29 is 9.90 Å². The molecule has 0 saturated heterocycles. The molecule has 0 aliphatic heterocycles. The summed E-state index contributed by atoms with van der Waals surface area (Å²) in [7, 11) is 0. The highest BCUT2D eigenvalue weighted by molar-refractivity contribution is 7.80. The van der Waals surface area contributed by atoms with Gasteiger partial charge in [0.2, 0.25) is 0 Å². The van der Waals surface area contributed by atoms with Crippen LogP contribution < -0.4 is 5.73 Å². The summed E-state index contributed by atoms with van der Waals surface area (Å²) in [5, 5.41) is 8.21. The van der Waals surface area contributed by atoms with E-state index < -0.39 is 5.97 Å². The largest absolute Gasteiger partial charge is 0.481 e. The van der Waals surface area contributed by atoms with E-state index in [0.29, 0.717) is 12.2 Å². The van der Waals surface area contributed by atoms with Crippen LogP contribution in [0.2, 0.25) is 0 Å². The Morgan fingerprint density at radius 2 is 2.33 bits per heavy atom. The molecule has 0 aliphatic carbocycles. The van der Waals surface area contributed by atoms with Crippen LogP contribution in [0.1, 0.15) is 12.8 Å². The predicted octanol–water partition coefficient (Wildman–Crippen LogP) is 0.108. The van der Waals surface area contributed by atoms with Gasteiger partial charge in [0.1, 0.15) is 0 Å². The van der Waals surface area contributed by atoms with Crippen molar-refractivity contribution in [2.75, 3.05) is 5.75 Å². The van der Waals surface area contributed by atoms with Crippen molar-refractivity contribution >= 4 is 18.6 Å². The molecule has 0 rings (SSSR count).